The Balaban J connectivity index is 1.10. The molecule has 39 heavy (non-hydrogen) atoms. The summed E-state index contributed by atoms with van der Waals surface area (Å²) >= 11 is 0. The molecule has 6 aliphatic rings. The van der Waals surface area contributed by atoms with Gasteiger partial charge in [0.25, 0.3) is 0 Å². The lowest BCUT2D eigenvalue weighted by atomic mass is 9.85. The monoisotopic (exact) mass is 515 g/mol. The Morgan fingerprint density at radius 1 is 0.590 bits per heavy atom. The highest BCUT2D eigenvalue weighted by Crippen LogP contribution is 2.49. The van der Waals surface area contributed by atoms with Crippen molar-refractivity contribution in [1.29, 1.82) is 0 Å². The summed E-state index contributed by atoms with van der Waals surface area (Å²) < 4.78 is 19.9. The SMILES string of the molecule is CC(CC1=N[C@@H]2c3ccccc3C[C@@H]2O1)(C1=N[C@@H]2c3ccccc3C[C@@H]2O1)C1=N[C@H]2c3ccccc3C[C@H]2O1. The van der Waals surface area contributed by atoms with Gasteiger partial charge in [0.15, 0.2) is 5.90 Å². The molecule has 6 heteroatoms. The van der Waals surface area contributed by atoms with Crippen molar-refractivity contribution in [3.63, 3.8) is 0 Å². The molecule has 0 saturated heterocycles. The number of hydrogen-bond donors (Lipinski definition) is 0. The molecule has 3 aliphatic heterocycles. The Labute approximate surface area is 227 Å². The molecule has 0 aromatic heterocycles. The number of rotatable bonds is 4. The van der Waals surface area contributed by atoms with Crippen molar-refractivity contribution in [2.45, 2.75) is 69.0 Å². The van der Waals surface area contributed by atoms with Gasteiger partial charge in [0, 0.05) is 25.7 Å². The van der Waals surface area contributed by atoms with Crippen LogP contribution in [0.25, 0.3) is 0 Å². The van der Waals surface area contributed by atoms with Crippen LogP contribution in [0.3, 0.4) is 0 Å². The van der Waals surface area contributed by atoms with Gasteiger partial charge in [0.2, 0.25) is 11.8 Å². The maximum atomic E-state index is 6.68. The van der Waals surface area contributed by atoms with E-state index in [1.54, 1.807) is 0 Å². The van der Waals surface area contributed by atoms with Gasteiger partial charge in [-0.1, -0.05) is 72.8 Å². The van der Waals surface area contributed by atoms with Crippen LogP contribution < -0.4 is 0 Å². The molecule has 3 aromatic carbocycles. The minimum atomic E-state index is -0.699. The zero-order valence-electron chi connectivity index (χ0n) is 21.8. The van der Waals surface area contributed by atoms with Crippen molar-refractivity contribution < 1.29 is 14.2 Å². The molecular formula is C33H29N3O3. The van der Waals surface area contributed by atoms with Gasteiger partial charge in [-0.2, -0.15) is 0 Å². The fourth-order valence-electron chi connectivity index (χ4n) is 7.53. The van der Waals surface area contributed by atoms with Crippen LogP contribution >= 0.6 is 0 Å². The normalized spacial score (nSPS) is 31.8. The molecule has 3 aliphatic carbocycles. The van der Waals surface area contributed by atoms with Crippen molar-refractivity contribution in [3.05, 3.63) is 106 Å². The smallest absolute Gasteiger partial charge is 0.200 e. The minimum absolute atomic E-state index is 0.00967. The lowest BCUT2D eigenvalue weighted by molar-refractivity contribution is 0.162. The Morgan fingerprint density at radius 3 is 1.49 bits per heavy atom. The van der Waals surface area contributed by atoms with Crippen LogP contribution in [0.15, 0.2) is 87.8 Å². The number of ether oxygens (including phenoxy) is 3. The number of nitrogens with zero attached hydrogens (tertiary/aromatic N) is 3. The molecule has 194 valence electrons. The summed E-state index contributed by atoms with van der Waals surface area (Å²) in [5.41, 5.74) is 7.10. The minimum Gasteiger partial charge on any atom is -0.475 e. The highest BCUT2D eigenvalue weighted by atomic mass is 16.5. The first-order chi connectivity index (χ1) is 19.1. The van der Waals surface area contributed by atoms with Gasteiger partial charge in [-0.15, -0.1) is 0 Å². The average molecular weight is 516 g/mol. The highest BCUT2D eigenvalue weighted by Gasteiger charge is 2.54. The van der Waals surface area contributed by atoms with Gasteiger partial charge in [0.05, 0.1) is 0 Å². The number of benzene rings is 3. The zero-order chi connectivity index (χ0) is 25.7. The van der Waals surface area contributed by atoms with Crippen LogP contribution in [0.4, 0.5) is 0 Å². The lowest BCUT2D eigenvalue weighted by Crippen LogP contribution is -2.41. The predicted molar refractivity (Wildman–Crippen MR) is 148 cm³/mol. The Kier molecular flexibility index (Phi) is 4.39. The fraction of sp³-hybridized carbons (Fsp3) is 0.364. The summed E-state index contributed by atoms with van der Waals surface area (Å²) in [6, 6.07) is 25.7. The Hall–Kier alpha value is -3.93. The van der Waals surface area contributed by atoms with Crippen LogP contribution in [-0.2, 0) is 33.5 Å². The zero-order valence-corrected chi connectivity index (χ0v) is 21.8. The van der Waals surface area contributed by atoms with Gasteiger partial charge in [-0.3, -0.25) is 0 Å². The molecule has 0 amide bonds. The second-order valence-electron chi connectivity index (χ2n) is 11.9. The standard InChI is InChI=1S/C33H29N3O3/c1-33(31-35-29-22-12-6-3-9-19(22)15-25(29)38-31,32-36-30-23-13-7-4-10-20(23)16-26(30)39-32)17-27-34-28-21-11-5-2-8-18(21)14-24(28)37-27/h2-13,24-26,28-30H,14-17H2,1H3/t24-,25-,26+,28+,29+,30-,33?/m0/s1. The first kappa shape index (κ1) is 21.9. The van der Waals surface area contributed by atoms with Gasteiger partial charge < -0.3 is 14.2 Å². The van der Waals surface area contributed by atoms with Crippen molar-refractivity contribution in [2.75, 3.05) is 0 Å². The van der Waals surface area contributed by atoms with E-state index >= 15 is 0 Å². The molecule has 7 atom stereocenters. The van der Waals surface area contributed by atoms with Gasteiger partial charge in [-0.05, 0) is 40.3 Å². The summed E-state index contributed by atoms with van der Waals surface area (Å²) in [7, 11) is 0. The lowest BCUT2D eigenvalue weighted by Gasteiger charge is -2.29. The molecule has 0 radical (unpaired) electrons. The summed E-state index contributed by atoms with van der Waals surface area (Å²) in [4.78, 5) is 15.5. The van der Waals surface area contributed by atoms with Crippen molar-refractivity contribution in [3.8, 4) is 0 Å². The largest absolute Gasteiger partial charge is 0.475 e. The third-order valence-corrected chi connectivity index (χ3v) is 9.50. The summed E-state index contributed by atoms with van der Waals surface area (Å²) in [6.45, 7) is 2.15. The number of hydrogen-bond acceptors (Lipinski definition) is 6. The van der Waals surface area contributed by atoms with Gasteiger partial charge in [0.1, 0.15) is 41.9 Å². The van der Waals surface area contributed by atoms with E-state index in [0.717, 1.165) is 25.2 Å². The maximum absolute atomic E-state index is 6.68. The maximum Gasteiger partial charge on any atom is 0.200 e. The Bertz CT molecular complexity index is 1550. The van der Waals surface area contributed by atoms with Gasteiger partial charge >= 0.3 is 0 Å². The molecule has 0 saturated carbocycles. The Morgan fingerprint density at radius 2 is 1.00 bits per heavy atom. The number of aliphatic imine (C=N–C) groups is 3. The summed E-state index contributed by atoms with van der Waals surface area (Å²) in [6.07, 6.45) is 3.22. The molecule has 3 heterocycles. The first-order valence-electron chi connectivity index (χ1n) is 14.1. The molecule has 3 aromatic rings. The quantitative estimate of drug-likeness (QED) is 0.450. The van der Waals surface area contributed by atoms with Crippen molar-refractivity contribution in [2.24, 2.45) is 20.4 Å². The number of fused-ring (bicyclic) bond motifs is 9. The van der Waals surface area contributed by atoms with Crippen LogP contribution in [-0.4, -0.2) is 36.0 Å². The molecular weight excluding hydrogens is 486 g/mol. The molecule has 0 fully saturated rings. The second kappa shape index (κ2) is 7.81. The van der Waals surface area contributed by atoms with Crippen LogP contribution in [0.2, 0.25) is 0 Å². The molecule has 9 rings (SSSR count). The molecule has 0 bridgehead atoms. The van der Waals surface area contributed by atoms with E-state index in [-0.39, 0.29) is 36.4 Å². The van der Waals surface area contributed by atoms with E-state index in [4.69, 9.17) is 29.2 Å². The highest BCUT2D eigenvalue weighted by molar-refractivity contribution is 6.09. The molecule has 0 N–H and O–H groups in total. The third kappa shape index (κ3) is 3.11. The van der Waals surface area contributed by atoms with Gasteiger partial charge in [-0.25, -0.2) is 15.0 Å². The van der Waals surface area contributed by atoms with Crippen LogP contribution in [0, 0.1) is 5.41 Å². The topological polar surface area (TPSA) is 64.8 Å². The van der Waals surface area contributed by atoms with E-state index < -0.39 is 5.41 Å². The van der Waals surface area contributed by atoms with Crippen molar-refractivity contribution in [1.82, 2.24) is 0 Å². The van der Waals surface area contributed by atoms with Crippen LogP contribution in [0.5, 0.6) is 0 Å². The second-order valence-corrected chi connectivity index (χ2v) is 11.9. The van der Waals surface area contributed by atoms with Crippen molar-refractivity contribution >= 4 is 17.7 Å². The first-order valence-corrected chi connectivity index (χ1v) is 14.1. The average Bonchev–Trinajstić information content (AvgIpc) is 3.76. The molecule has 1 unspecified atom stereocenters. The summed E-state index contributed by atoms with van der Waals surface area (Å²) in [5, 5.41) is 0. The third-order valence-electron chi connectivity index (χ3n) is 9.50. The fourth-order valence-corrected chi connectivity index (χ4v) is 7.53. The van der Waals surface area contributed by atoms with Crippen LogP contribution in [0.1, 0.15) is 64.9 Å². The predicted octanol–water partition coefficient (Wildman–Crippen LogP) is 5.67. The molecule has 0 spiro atoms. The van der Waals surface area contributed by atoms with E-state index in [1.807, 2.05) is 0 Å². The van der Waals surface area contributed by atoms with E-state index in [1.165, 1.54) is 33.4 Å². The van der Waals surface area contributed by atoms with E-state index in [2.05, 4.69) is 79.7 Å². The molecule has 6 nitrogen and oxygen atoms in total. The van der Waals surface area contributed by atoms with E-state index in [9.17, 15) is 0 Å². The summed E-state index contributed by atoms with van der Waals surface area (Å²) in [5.74, 6) is 2.14. The van der Waals surface area contributed by atoms with E-state index in [0.29, 0.717) is 18.2 Å².